The number of halogens is 2. The molecule has 0 aliphatic heterocycles. The van der Waals surface area contributed by atoms with Gasteiger partial charge in [0.05, 0.1) is 33.5 Å². The van der Waals surface area contributed by atoms with E-state index in [2.05, 4.69) is 20.7 Å². The third-order valence-corrected chi connectivity index (χ3v) is 5.50. The highest BCUT2D eigenvalue weighted by molar-refractivity contribution is 6.31. The maximum atomic E-state index is 13.9. The fraction of sp³-hybridized carbons (Fsp3) is 0.0833. The lowest BCUT2D eigenvalue weighted by Crippen LogP contribution is -2.17. The molecule has 0 aliphatic rings. The predicted molar refractivity (Wildman–Crippen MR) is 125 cm³/mol. The van der Waals surface area contributed by atoms with Crippen LogP contribution in [0.1, 0.15) is 32.2 Å². The van der Waals surface area contributed by atoms with Gasteiger partial charge in [-0.25, -0.2) is 9.07 Å². The summed E-state index contributed by atoms with van der Waals surface area (Å²) >= 11 is 6.21. The Morgan fingerprint density at radius 1 is 0.939 bits per heavy atom. The van der Waals surface area contributed by atoms with Gasteiger partial charge in [-0.05, 0) is 68.4 Å². The second-order valence-electron chi connectivity index (χ2n) is 7.26. The van der Waals surface area contributed by atoms with Crippen molar-refractivity contribution in [2.45, 2.75) is 13.8 Å². The van der Waals surface area contributed by atoms with E-state index >= 15 is 0 Å². The van der Waals surface area contributed by atoms with Gasteiger partial charge in [0.25, 0.3) is 11.8 Å². The highest BCUT2D eigenvalue weighted by Gasteiger charge is 2.15. The summed E-state index contributed by atoms with van der Waals surface area (Å²) in [6.45, 7) is 3.67. The minimum Gasteiger partial charge on any atom is -0.320 e. The number of rotatable bonds is 5. The van der Waals surface area contributed by atoms with Crippen molar-refractivity contribution in [3.8, 4) is 5.69 Å². The Kier molecular flexibility index (Phi) is 6.19. The van der Waals surface area contributed by atoms with Gasteiger partial charge in [0.15, 0.2) is 0 Å². The third-order valence-electron chi connectivity index (χ3n) is 4.95. The number of carbonyl (C=O) groups excluding carboxylic acids is 2. The number of anilines is 2. The first-order chi connectivity index (χ1) is 15.8. The Balaban J connectivity index is 1.54. The molecule has 0 atom stereocenters. The van der Waals surface area contributed by atoms with Gasteiger partial charge in [-0.15, -0.1) is 0 Å². The van der Waals surface area contributed by atoms with E-state index in [-0.39, 0.29) is 17.1 Å². The Bertz CT molecular complexity index is 1340. The van der Waals surface area contributed by atoms with Crippen LogP contribution in [0.25, 0.3) is 5.69 Å². The van der Waals surface area contributed by atoms with Crippen molar-refractivity contribution in [2.75, 3.05) is 10.6 Å². The van der Waals surface area contributed by atoms with Crippen molar-refractivity contribution in [3.63, 3.8) is 0 Å². The Morgan fingerprint density at radius 2 is 1.67 bits per heavy atom. The molecule has 0 radical (unpaired) electrons. The van der Waals surface area contributed by atoms with Crippen LogP contribution in [0.15, 0.2) is 66.9 Å². The van der Waals surface area contributed by atoms with Gasteiger partial charge in [0.1, 0.15) is 11.5 Å². The Labute approximate surface area is 194 Å². The van der Waals surface area contributed by atoms with Gasteiger partial charge in [0, 0.05) is 11.8 Å². The second kappa shape index (κ2) is 9.22. The van der Waals surface area contributed by atoms with Gasteiger partial charge < -0.3 is 10.6 Å². The normalized spacial score (nSPS) is 10.7. The average molecular weight is 464 g/mol. The number of carbonyl (C=O) groups is 2. The standard InChI is InChI=1S/C24H19ClFN5O2/c1-14-22(25)15(2)31(30-14)18-9-6-16(7-10-18)23(32)29-21-13-17(26)8-11-19(21)28-24(33)20-5-3-4-12-27-20/h3-13H,1-2H3,(H,28,33)(H,29,32). The van der Waals surface area contributed by atoms with Crippen LogP contribution in [0.4, 0.5) is 15.8 Å². The smallest absolute Gasteiger partial charge is 0.274 e. The maximum absolute atomic E-state index is 13.9. The lowest BCUT2D eigenvalue weighted by Gasteiger charge is -2.13. The molecule has 33 heavy (non-hydrogen) atoms. The number of aryl methyl sites for hydroxylation is 1. The quantitative estimate of drug-likeness (QED) is 0.426. The van der Waals surface area contributed by atoms with Crippen LogP contribution >= 0.6 is 11.6 Å². The highest BCUT2D eigenvalue weighted by Crippen LogP contribution is 2.25. The molecule has 0 saturated carbocycles. The minimum absolute atomic E-state index is 0.124. The summed E-state index contributed by atoms with van der Waals surface area (Å²) in [7, 11) is 0. The molecule has 0 bridgehead atoms. The third kappa shape index (κ3) is 4.75. The summed E-state index contributed by atoms with van der Waals surface area (Å²) in [6, 6.07) is 15.3. The van der Waals surface area contributed by atoms with E-state index in [4.69, 9.17) is 11.6 Å². The van der Waals surface area contributed by atoms with Crippen LogP contribution < -0.4 is 10.6 Å². The van der Waals surface area contributed by atoms with E-state index in [1.165, 1.54) is 18.3 Å². The molecule has 7 nitrogen and oxygen atoms in total. The molecule has 4 aromatic rings. The van der Waals surface area contributed by atoms with Gasteiger partial charge in [-0.2, -0.15) is 5.10 Å². The number of aromatic nitrogens is 3. The molecule has 2 heterocycles. The summed E-state index contributed by atoms with van der Waals surface area (Å²) in [5, 5.41) is 10.3. The molecule has 0 saturated heterocycles. The average Bonchev–Trinajstić information content (AvgIpc) is 3.08. The van der Waals surface area contributed by atoms with Crippen LogP contribution in [-0.2, 0) is 0 Å². The number of nitrogens with one attached hydrogen (secondary N) is 2. The first kappa shape index (κ1) is 22.2. The molecule has 0 aliphatic carbocycles. The number of benzene rings is 2. The van der Waals surface area contributed by atoms with E-state index in [1.54, 1.807) is 47.1 Å². The summed E-state index contributed by atoms with van der Waals surface area (Å²) in [6.07, 6.45) is 1.49. The monoisotopic (exact) mass is 463 g/mol. The molecular weight excluding hydrogens is 445 g/mol. The molecule has 2 aromatic heterocycles. The van der Waals surface area contributed by atoms with Crippen LogP contribution in [0.2, 0.25) is 5.02 Å². The highest BCUT2D eigenvalue weighted by atomic mass is 35.5. The predicted octanol–water partition coefficient (Wildman–Crippen LogP) is 5.18. The lowest BCUT2D eigenvalue weighted by molar-refractivity contribution is 0.101. The summed E-state index contributed by atoms with van der Waals surface area (Å²) in [5.74, 6) is -1.50. The molecule has 9 heteroatoms. The molecular formula is C24H19ClFN5O2. The number of pyridine rings is 1. The van der Waals surface area contributed by atoms with E-state index in [0.29, 0.717) is 16.3 Å². The molecule has 0 fully saturated rings. The van der Waals surface area contributed by atoms with Crippen molar-refractivity contribution in [1.82, 2.24) is 14.8 Å². The molecule has 2 amide bonds. The first-order valence-electron chi connectivity index (χ1n) is 9.99. The molecule has 4 rings (SSSR count). The zero-order valence-electron chi connectivity index (χ0n) is 17.8. The summed E-state index contributed by atoms with van der Waals surface area (Å²) < 4.78 is 15.6. The SMILES string of the molecule is Cc1nn(-c2ccc(C(=O)Nc3cc(F)ccc3NC(=O)c3ccccn3)cc2)c(C)c1Cl. The van der Waals surface area contributed by atoms with Crippen LogP contribution in [0.3, 0.4) is 0 Å². The lowest BCUT2D eigenvalue weighted by atomic mass is 10.1. The fourth-order valence-electron chi connectivity index (χ4n) is 3.24. The molecule has 2 N–H and O–H groups in total. The maximum Gasteiger partial charge on any atom is 0.274 e. The largest absolute Gasteiger partial charge is 0.320 e. The van der Waals surface area contributed by atoms with Crippen LogP contribution in [0.5, 0.6) is 0 Å². The van der Waals surface area contributed by atoms with Crippen LogP contribution in [-0.4, -0.2) is 26.6 Å². The van der Waals surface area contributed by atoms with Gasteiger partial charge in [-0.1, -0.05) is 17.7 Å². The fourth-order valence-corrected chi connectivity index (χ4v) is 3.35. The second-order valence-corrected chi connectivity index (χ2v) is 7.63. The van der Waals surface area contributed by atoms with Gasteiger partial charge in [-0.3, -0.25) is 14.6 Å². The van der Waals surface area contributed by atoms with E-state index in [1.807, 2.05) is 13.8 Å². The zero-order chi connectivity index (χ0) is 23.5. The van der Waals surface area contributed by atoms with Crippen molar-refractivity contribution in [2.24, 2.45) is 0 Å². The summed E-state index contributed by atoms with van der Waals surface area (Å²) in [4.78, 5) is 29.2. The van der Waals surface area contributed by atoms with Gasteiger partial charge >= 0.3 is 0 Å². The van der Waals surface area contributed by atoms with Crippen molar-refractivity contribution in [1.29, 1.82) is 0 Å². The molecule has 0 unspecified atom stereocenters. The number of amides is 2. The van der Waals surface area contributed by atoms with Crippen molar-refractivity contribution >= 4 is 34.8 Å². The van der Waals surface area contributed by atoms with E-state index in [0.717, 1.165) is 17.4 Å². The Morgan fingerprint density at radius 3 is 2.30 bits per heavy atom. The minimum atomic E-state index is -0.558. The first-order valence-corrected chi connectivity index (χ1v) is 10.4. The van der Waals surface area contributed by atoms with Crippen LogP contribution in [0, 0.1) is 19.7 Å². The van der Waals surface area contributed by atoms with E-state index in [9.17, 15) is 14.0 Å². The molecule has 0 spiro atoms. The van der Waals surface area contributed by atoms with Crippen molar-refractivity contribution < 1.29 is 14.0 Å². The number of nitrogens with zero attached hydrogens (tertiary/aromatic N) is 3. The molecule has 166 valence electrons. The summed E-state index contributed by atoms with van der Waals surface area (Å²) in [5.41, 5.74) is 3.15. The number of hydrogen-bond donors (Lipinski definition) is 2. The topological polar surface area (TPSA) is 88.9 Å². The molecule has 2 aromatic carbocycles. The zero-order valence-corrected chi connectivity index (χ0v) is 18.5. The van der Waals surface area contributed by atoms with Crippen molar-refractivity contribution in [3.05, 3.63) is 100 Å². The van der Waals surface area contributed by atoms with E-state index < -0.39 is 17.6 Å². The Hall–Kier alpha value is -4.04. The number of hydrogen-bond acceptors (Lipinski definition) is 4. The van der Waals surface area contributed by atoms with Gasteiger partial charge in [0.2, 0.25) is 0 Å².